The number of hydrogen-bond donors (Lipinski definition) is 2. The van der Waals surface area contributed by atoms with Gasteiger partial charge in [0, 0.05) is 6.54 Å². The average Bonchev–Trinajstić information content (AvgIpc) is 2.85. The van der Waals surface area contributed by atoms with E-state index in [0.29, 0.717) is 12.2 Å². The lowest BCUT2D eigenvalue weighted by atomic mass is 10.2. The number of amides is 1. The maximum absolute atomic E-state index is 12.9. The molecule has 1 aromatic carbocycles. The molecule has 2 aromatic rings. The summed E-state index contributed by atoms with van der Waals surface area (Å²) in [6.07, 6.45) is 0. The van der Waals surface area contributed by atoms with E-state index in [1.807, 2.05) is 28.8 Å². The summed E-state index contributed by atoms with van der Waals surface area (Å²) < 4.78 is 12.9. The van der Waals surface area contributed by atoms with Crippen LogP contribution in [-0.4, -0.2) is 24.4 Å². The molecule has 0 fully saturated rings. The van der Waals surface area contributed by atoms with Gasteiger partial charge in [-0.05, 0) is 47.6 Å². The molecule has 0 aliphatic heterocycles. The largest absolute Gasteiger partial charge is 0.397 e. The second-order valence-corrected chi connectivity index (χ2v) is 5.36. The minimum atomic E-state index is -0.421. The number of benzene rings is 1. The molecule has 4 nitrogen and oxygen atoms in total. The van der Waals surface area contributed by atoms with Gasteiger partial charge in [-0.15, -0.1) is 0 Å². The number of likely N-dealkylation sites (N-methyl/N-ethyl adjacent to an activating group) is 1. The molecule has 1 heterocycles. The van der Waals surface area contributed by atoms with Crippen molar-refractivity contribution in [3.8, 4) is 0 Å². The van der Waals surface area contributed by atoms with E-state index in [-0.39, 0.29) is 18.1 Å². The van der Waals surface area contributed by atoms with Gasteiger partial charge in [-0.2, -0.15) is 11.3 Å². The lowest BCUT2D eigenvalue weighted by Crippen LogP contribution is -2.29. The molecule has 1 aromatic heterocycles. The Morgan fingerprint density at radius 3 is 2.90 bits per heavy atom. The number of nitrogens with one attached hydrogen (secondary N) is 1. The molecular weight excluding hydrogens is 277 g/mol. The summed E-state index contributed by atoms with van der Waals surface area (Å²) in [6, 6.07) is 5.93. The number of anilines is 2. The van der Waals surface area contributed by atoms with E-state index >= 15 is 0 Å². The van der Waals surface area contributed by atoms with Crippen LogP contribution in [0.2, 0.25) is 0 Å². The van der Waals surface area contributed by atoms with Crippen molar-refractivity contribution < 1.29 is 9.18 Å². The standard InChI is InChI=1S/C14H16FN3OS/c1-18(7-10-4-5-20-9-10)8-14(19)17-13-3-2-11(15)6-12(13)16/h2-6,9H,7-8,16H2,1H3,(H,17,19). The topological polar surface area (TPSA) is 58.4 Å². The third-order valence-corrected chi connectivity index (χ3v) is 3.47. The average molecular weight is 293 g/mol. The Balaban J connectivity index is 1.88. The van der Waals surface area contributed by atoms with Crippen LogP contribution in [0.25, 0.3) is 0 Å². The molecule has 2 rings (SSSR count). The Morgan fingerprint density at radius 2 is 2.25 bits per heavy atom. The Bertz CT molecular complexity index is 586. The lowest BCUT2D eigenvalue weighted by Gasteiger charge is -2.16. The van der Waals surface area contributed by atoms with E-state index in [1.54, 1.807) is 11.3 Å². The first-order chi connectivity index (χ1) is 9.54. The van der Waals surface area contributed by atoms with E-state index in [4.69, 9.17) is 5.73 Å². The number of carbonyl (C=O) groups excluding carboxylic acids is 1. The predicted octanol–water partition coefficient (Wildman–Crippen LogP) is 2.54. The van der Waals surface area contributed by atoms with Crippen LogP contribution in [0.15, 0.2) is 35.0 Å². The zero-order chi connectivity index (χ0) is 14.5. The number of rotatable bonds is 5. The Labute approximate surface area is 121 Å². The maximum Gasteiger partial charge on any atom is 0.238 e. The minimum Gasteiger partial charge on any atom is -0.397 e. The van der Waals surface area contributed by atoms with Gasteiger partial charge in [0.05, 0.1) is 17.9 Å². The van der Waals surface area contributed by atoms with E-state index in [9.17, 15) is 9.18 Å². The zero-order valence-electron chi connectivity index (χ0n) is 11.1. The van der Waals surface area contributed by atoms with E-state index in [1.165, 1.54) is 23.8 Å². The van der Waals surface area contributed by atoms with E-state index in [2.05, 4.69) is 5.32 Å². The molecule has 0 atom stereocenters. The van der Waals surface area contributed by atoms with Crippen molar-refractivity contribution in [2.45, 2.75) is 6.54 Å². The van der Waals surface area contributed by atoms with Crippen LogP contribution < -0.4 is 11.1 Å². The molecule has 1 amide bonds. The van der Waals surface area contributed by atoms with Crippen molar-refractivity contribution in [2.24, 2.45) is 0 Å². The number of nitrogens with zero attached hydrogens (tertiary/aromatic N) is 1. The quantitative estimate of drug-likeness (QED) is 0.833. The summed E-state index contributed by atoms with van der Waals surface area (Å²) in [7, 11) is 1.87. The Hall–Kier alpha value is -1.92. The van der Waals surface area contributed by atoms with Gasteiger partial charge in [0.1, 0.15) is 5.82 Å². The summed E-state index contributed by atoms with van der Waals surface area (Å²) in [4.78, 5) is 13.8. The number of halogens is 1. The van der Waals surface area contributed by atoms with Crippen LogP contribution in [0.4, 0.5) is 15.8 Å². The monoisotopic (exact) mass is 293 g/mol. The number of thiophene rings is 1. The van der Waals surface area contributed by atoms with Crippen molar-refractivity contribution in [3.63, 3.8) is 0 Å². The second-order valence-electron chi connectivity index (χ2n) is 4.58. The second kappa shape index (κ2) is 6.49. The summed E-state index contributed by atoms with van der Waals surface area (Å²) in [6.45, 7) is 0.947. The summed E-state index contributed by atoms with van der Waals surface area (Å²) in [5.41, 5.74) is 7.47. The molecule has 0 saturated heterocycles. The highest BCUT2D eigenvalue weighted by Gasteiger charge is 2.09. The highest BCUT2D eigenvalue weighted by atomic mass is 32.1. The maximum atomic E-state index is 12.9. The molecule has 3 N–H and O–H groups in total. The third kappa shape index (κ3) is 4.04. The van der Waals surface area contributed by atoms with Crippen LogP contribution >= 0.6 is 11.3 Å². The van der Waals surface area contributed by atoms with Crippen LogP contribution in [-0.2, 0) is 11.3 Å². The molecule has 0 aliphatic carbocycles. The number of nitrogens with two attached hydrogens (primary N) is 1. The Kier molecular flexibility index (Phi) is 4.70. The molecular formula is C14H16FN3OS. The fourth-order valence-corrected chi connectivity index (χ4v) is 2.49. The van der Waals surface area contributed by atoms with E-state index in [0.717, 1.165) is 0 Å². The van der Waals surface area contributed by atoms with Crippen molar-refractivity contribution in [3.05, 3.63) is 46.4 Å². The van der Waals surface area contributed by atoms with Crippen molar-refractivity contribution in [1.82, 2.24) is 4.90 Å². The summed E-state index contributed by atoms with van der Waals surface area (Å²) in [5, 5.41) is 6.73. The first-order valence-electron chi connectivity index (χ1n) is 6.09. The Morgan fingerprint density at radius 1 is 1.45 bits per heavy atom. The molecule has 0 spiro atoms. The van der Waals surface area contributed by atoms with Crippen LogP contribution in [0, 0.1) is 5.82 Å². The van der Waals surface area contributed by atoms with Crippen molar-refractivity contribution in [2.75, 3.05) is 24.6 Å². The highest BCUT2D eigenvalue weighted by Crippen LogP contribution is 2.19. The third-order valence-electron chi connectivity index (χ3n) is 2.73. The normalized spacial score (nSPS) is 10.8. The summed E-state index contributed by atoms with van der Waals surface area (Å²) >= 11 is 1.63. The van der Waals surface area contributed by atoms with Gasteiger partial charge < -0.3 is 11.1 Å². The fraction of sp³-hybridized carbons (Fsp3) is 0.214. The molecule has 6 heteroatoms. The van der Waals surface area contributed by atoms with Crippen LogP contribution in [0.5, 0.6) is 0 Å². The van der Waals surface area contributed by atoms with E-state index < -0.39 is 5.82 Å². The molecule has 106 valence electrons. The smallest absolute Gasteiger partial charge is 0.238 e. The number of nitrogen functional groups attached to an aromatic ring is 1. The lowest BCUT2D eigenvalue weighted by molar-refractivity contribution is -0.117. The van der Waals surface area contributed by atoms with Gasteiger partial charge in [0.15, 0.2) is 0 Å². The molecule has 0 saturated carbocycles. The number of carbonyl (C=O) groups is 1. The van der Waals surface area contributed by atoms with Gasteiger partial charge in [-0.3, -0.25) is 9.69 Å². The minimum absolute atomic E-state index is 0.180. The highest BCUT2D eigenvalue weighted by molar-refractivity contribution is 7.07. The fourth-order valence-electron chi connectivity index (χ4n) is 1.83. The van der Waals surface area contributed by atoms with Crippen LogP contribution in [0.1, 0.15) is 5.56 Å². The van der Waals surface area contributed by atoms with Gasteiger partial charge in [0.2, 0.25) is 5.91 Å². The molecule has 0 aliphatic rings. The first-order valence-corrected chi connectivity index (χ1v) is 7.03. The molecule has 0 unspecified atom stereocenters. The van der Waals surface area contributed by atoms with Gasteiger partial charge in [0.25, 0.3) is 0 Å². The van der Waals surface area contributed by atoms with Gasteiger partial charge in [-0.1, -0.05) is 0 Å². The molecule has 0 radical (unpaired) electrons. The first kappa shape index (κ1) is 14.5. The van der Waals surface area contributed by atoms with Crippen molar-refractivity contribution >= 4 is 28.6 Å². The van der Waals surface area contributed by atoms with Gasteiger partial charge in [-0.25, -0.2) is 4.39 Å². The zero-order valence-corrected chi connectivity index (χ0v) is 11.9. The predicted molar refractivity (Wildman–Crippen MR) is 80.1 cm³/mol. The SMILES string of the molecule is CN(CC(=O)Nc1ccc(F)cc1N)Cc1ccsc1. The molecule has 20 heavy (non-hydrogen) atoms. The molecule has 0 bridgehead atoms. The van der Waals surface area contributed by atoms with Gasteiger partial charge >= 0.3 is 0 Å². The van der Waals surface area contributed by atoms with Crippen molar-refractivity contribution in [1.29, 1.82) is 0 Å². The summed E-state index contributed by atoms with van der Waals surface area (Å²) in [5.74, 6) is -0.601. The van der Waals surface area contributed by atoms with Crippen LogP contribution in [0.3, 0.4) is 0 Å². The number of hydrogen-bond acceptors (Lipinski definition) is 4.